The van der Waals surface area contributed by atoms with Gasteiger partial charge in [0.1, 0.15) is 0 Å². The molecule has 2 atom stereocenters. The summed E-state index contributed by atoms with van der Waals surface area (Å²) in [7, 11) is 0. The number of morpholine rings is 1. The lowest BCUT2D eigenvalue weighted by Gasteiger charge is -2.35. The summed E-state index contributed by atoms with van der Waals surface area (Å²) in [5, 5.41) is 9.53. The van der Waals surface area contributed by atoms with Gasteiger partial charge in [-0.05, 0) is 31.7 Å². The van der Waals surface area contributed by atoms with Crippen molar-refractivity contribution in [1.82, 2.24) is 10.2 Å². The third kappa shape index (κ3) is 5.11. The molecular formula is C14H23N3O2S. The van der Waals surface area contributed by atoms with E-state index in [1.807, 2.05) is 16.8 Å². The number of carbonyl (C=O) groups is 1. The second-order valence-electron chi connectivity index (χ2n) is 5.26. The van der Waals surface area contributed by atoms with Gasteiger partial charge in [0.05, 0.1) is 17.9 Å². The molecule has 1 fully saturated rings. The minimum Gasteiger partial charge on any atom is -0.373 e. The molecule has 2 unspecified atom stereocenters. The molecule has 2 amide bonds. The molecule has 0 aromatic carbocycles. The number of ether oxygens (including phenoxy) is 1. The molecule has 0 radical (unpaired) electrons. The summed E-state index contributed by atoms with van der Waals surface area (Å²) < 4.78 is 5.70. The second kappa shape index (κ2) is 7.61. The Hall–Kier alpha value is -1.11. The highest BCUT2D eigenvalue weighted by Gasteiger charge is 2.21. The van der Waals surface area contributed by atoms with Crippen LogP contribution in [-0.4, -0.2) is 49.3 Å². The molecule has 1 aromatic rings. The molecule has 2 rings (SSSR count). The van der Waals surface area contributed by atoms with E-state index in [0.29, 0.717) is 18.8 Å². The summed E-state index contributed by atoms with van der Waals surface area (Å²) in [4.78, 5) is 14.0. The molecule has 0 bridgehead atoms. The van der Waals surface area contributed by atoms with Gasteiger partial charge in [0.25, 0.3) is 0 Å². The molecule has 20 heavy (non-hydrogen) atoms. The Morgan fingerprint density at radius 1 is 1.45 bits per heavy atom. The molecule has 112 valence electrons. The van der Waals surface area contributed by atoms with E-state index in [1.54, 1.807) is 11.3 Å². The fourth-order valence-electron chi connectivity index (χ4n) is 2.48. The van der Waals surface area contributed by atoms with Crippen LogP contribution in [0.3, 0.4) is 0 Å². The normalized spacial score (nSPS) is 23.5. The number of hydrogen-bond donors (Lipinski definition) is 2. The van der Waals surface area contributed by atoms with Crippen LogP contribution in [0.25, 0.3) is 0 Å². The first-order chi connectivity index (χ1) is 9.63. The highest BCUT2D eigenvalue weighted by molar-refractivity contribution is 7.08. The quantitative estimate of drug-likeness (QED) is 0.820. The number of carbonyl (C=O) groups excluding carboxylic acids is 1. The zero-order valence-electron chi connectivity index (χ0n) is 12.1. The van der Waals surface area contributed by atoms with Gasteiger partial charge in [-0.25, -0.2) is 4.79 Å². The molecule has 2 heterocycles. The van der Waals surface area contributed by atoms with E-state index in [0.717, 1.165) is 31.7 Å². The average molecular weight is 297 g/mol. The Morgan fingerprint density at radius 3 is 2.85 bits per heavy atom. The first-order valence-corrected chi connectivity index (χ1v) is 8.02. The SMILES string of the molecule is CC1CN(CCCNC(=O)Nc2ccsc2)CC(C)O1. The number of rotatable bonds is 5. The minimum absolute atomic E-state index is 0.132. The lowest BCUT2D eigenvalue weighted by Crippen LogP contribution is -2.46. The van der Waals surface area contributed by atoms with Crippen LogP contribution < -0.4 is 10.6 Å². The van der Waals surface area contributed by atoms with Crippen molar-refractivity contribution in [1.29, 1.82) is 0 Å². The van der Waals surface area contributed by atoms with Gasteiger partial charge in [-0.1, -0.05) is 0 Å². The van der Waals surface area contributed by atoms with E-state index >= 15 is 0 Å². The zero-order chi connectivity index (χ0) is 14.4. The predicted octanol–water partition coefficient (Wildman–Crippen LogP) is 2.37. The lowest BCUT2D eigenvalue weighted by molar-refractivity contribution is -0.0679. The Bertz CT molecular complexity index is 401. The number of anilines is 1. The first-order valence-electron chi connectivity index (χ1n) is 7.08. The number of hydrogen-bond acceptors (Lipinski definition) is 4. The maximum atomic E-state index is 11.6. The van der Waals surface area contributed by atoms with Crippen molar-refractivity contribution in [3.05, 3.63) is 16.8 Å². The summed E-state index contributed by atoms with van der Waals surface area (Å²) in [5.41, 5.74) is 0.850. The first kappa shape index (κ1) is 15.3. The number of thiophene rings is 1. The van der Waals surface area contributed by atoms with Crippen molar-refractivity contribution < 1.29 is 9.53 Å². The van der Waals surface area contributed by atoms with Gasteiger partial charge in [-0.3, -0.25) is 4.90 Å². The van der Waals surface area contributed by atoms with E-state index in [1.165, 1.54) is 0 Å². The fourth-order valence-corrected chi connectivity index (χ4v) is 3.07. The fraction of sp³-hybridized carbons (Fsp3) is 0.643. The molecular weight excluding hydrogens is 274 g/mol. The Balaban J connectivity index is 1.58. The highest BCUT2D eigenvalue weighted by Crippen LogP contribution is 2.11. The number of nitrogens with one attached hydrogen (secondary N) is 2. The topological polar surface area (TPSA) is 53.6 Å². The molecule has 0 saturated carbocycles. The maximum absolute atomic E-state index is 11.6. The minimum atomic E-state index is -0.132. The predicted molar refractivity (Wildman–Crippen MR) is 82.4 cm³/mol. The molecule has 0 aliphatic carbocycles. The van der Waals surface area contributed by atoms with Crippen molar-refractivity contribution in [3.63, 3.8) is 0 Å². The van der Waals surface area contributed by atoms with Crippen LogP contribution in [0.5, 0.6) is 0 Å². The monoisotopic (exact) mass is 297 g/mol. The summed E-state index contributed by atoms with van der Waals surface area (Å²) in [6, 6.07) is 1.76. The van der Waals surface area contributed by atoms with Crippen LogP contribution in [-0.2, 0) is 4.74 Å². The van der Waals surface area contributed by atoms with Gasteiger partial charge in [-0.15, -0.1) is 0 Å². The van der Waals surface area contributed by atoms with Crippen LogP contribution in [0.2, 0.25) is 0 Å². The second-order valence-corrected chi connectivity index (χ2v) is 6.04. The van der Waals surface area contributed by atoms with Crippen molar-refractivity contribution >= 4 is 23.1 Å². The smallest absolute Gasteiger partial charge is 0.319 e. The van der Waals surface area contributed by atoms with Crippen molar-refractivity contribution in [2.45, 2.75) is 32.5 Å². The zero-order valence-corrected chi connectivity index (χ0v) is 12.9. The van der Waals surface area contributed by atoms with E-state index in [-0.39, 0.29) is 6.03 Å². The van der Waals surface area contributed by atoms with Gasteiger partial charge in [-0.2, -0.15) is 11.3 Å². The van der Waals surface area contributed by atoms with Crippen molar-refractivity contribution in [2.24, 2.45) is 0 Å². The van der Waals surface area contributed by atoms with E-state index in [4.69, 9.17) is 4.74 Å². The Morgan fingerprint density at radius 2 is 2.20 bits per heavy atom. The summed E-state index contributed by atoms with van der Waals surface area (Å²) in [6.45, 7) is 7.86. The summed E-state index contributed by atoms with van der Waals surface area (Å²) >= 11 is 1.57. The number of amides is 2. The Kier molecular flexibility index (Phi) is 5.82. The Labute approximate surface area is 124 Å². The molecule has 1 aliphatic heterocycles. The van der Waals surface area contributed by atoms with Gasteiger partial charge >= 0.3 is 6.03 Å². The third-order valence-corrected chi connectivity index (χ3v) is 3.89. The maximum Gasteiger partial charge on any atom is 0.319 e. The largest absolute Gasteiger partial charge is 0.373 e. The van der Waals surface area contributed by atoms with Crippen molar-refractivity contribution in [3.8, 4) is 0 Å². The van der Waals surface area contributed by atoms with Crippen LogP contribution in [0.1, 0.15) is 20.3 Å². The molecule has 1 aromatic heterocycles. The third-order valence-electron chi connectivity index (χ3n) is 3.21. The van der Waals surface area contributed by atoms with Crippen LogP contribution in [0.4, 0.5) is 10.5 Å². The van der Waals surface area contributed by atoms with Crippen molar-refractivity contribution in [2.75, 3.05) is 31.5 Å². The van der Waals surface area contributed by atoms with Gasteiger partial charge in [0, 0.05) is 31.6 Å². The molecule has 1 aliphatic rings. The average Bonchev–Trinajstić information content (AvgIpc) is 2.86. The molecule has 6 heteroatoms. The van der Waals surface area contributed by atoms with Crippen LogP contribution in [0.15, 0.2) is 16.8 Å². The van der Waals surface area contributed by atoms with Gasteiger partial charge < -0.3 is 15.4 Å². The summed E-state index contributed by atoms with van der Waals surface area (Å²) in [5.74, 6) is 0. The lowest BCUT2D eigenvalue weighted by atomic mass is 10.2. The number of nitrogens with zero attached hydrogens (tertiary/aromatic N) is 1. The number of urea groups is 1. The highest BCUT2D eigenvalue weighted by atomic mass is 32.1. The van der Waals surface area contributed by atoms with Gasteiger partial charge in [0.2, 0.25) is 0 Å². The molecule has 0 spiro atoms. The van der Waals surface area contributed by atoms with E-state index in [2.05, 4.69) is 29.4 Å². The van der Waals surface area contributed by atoms with Crippen LogP contribution in [0, 0.1) is 0 Å². The van der Waals surface area contributed by atoms with E-state index < -0.39 is 0 Å². The van der Waals surface area contributed by atoms with E-state index in [9.17, 15) is 4.79 Å². The molecule has 2 N–H and O–H groups in total. The standard InChI is InChI=1S/C14H23N3O2S/c1-11-8-17(9-12(2)19-11)6-3-5-15-14(18)16-13-4-7-20-10-13/h4,7,10-12H,3,5-6,8-9H2,1-2H3,(H2,15,16,18). The summed E-state index contributed by atoms with van der Waals surface area (Å²) in [6.07, 6.45) is 1.55. The molecule has 1 saturated heterocycles. The van der Waals surface area contributed by atoms with Crippen LogP contribution >= 0.6 is 11.3 Å². The molecule has 5 nitrogen and oxygen atoms in total. The van der Waals surface area contributed by atoms with Gasteiger partial charge in [0.15, 0.2) is 0 Å².